The van der Waals surface area contributed by atoms with Crippen LogP contribution in [-0.4, -0.2) is 34.1 Å². The van der Waals surface area contributed by atoms with E-state index in [0.29, 0.717) is 28.2 Å². The molecule has 1 saturated heterocycles. The van der Waals surface area contributed by atoms with Crippen molar-refractivity contribution < 1.29 is 4.74 Å². The van der Waals surface area contributed by atoms with E-state index >= 15 is 0 Å². The molecule has 6 nitrogen and oxygen atoms in total. The van der Waals surface area contributed by atoms with Gasteiger partial charge in [-0.25, -0.2) is 4.98 Å². The van der Waals surface area contributed by atoms with Crippen molar-refractivity contribution in [3.63, 3.8) is 0 Å². The maximum Gasteiger partial charge on any atom is 0.259 e. The SMILES string of the molecule is O=c1[nH]c(-c2cc3ccsc3cn2)nc2ccc(OC3CNC3)cc12. The second-order valence-corrected chi connectivity index (χ2v) is 6.97. The summed E-state index contributed by atoms with van der Waals surface area (Å²) in [5.41, 5.74) is 1.10. The van der Waals surface area contributed by atoms with Crippen molar-refractivity contribution in [2.75, 3.05) is 13.1 Å². The average molecular weight is 350 g/mol. The van der Waals surface area contributed by atoms with E-state index in [1.54, 1.807) is 17.4 Å². The fourth-order valence-corrected chi connectivity index (χ4v) is 3.59. The summed E-state index contributed by atoms with van der Waals surface area (Å²) in [5, 5.41) is 6.79. The van der Waals surface area contributed by atoms with Gasteiger partial charge in [-0.15, -0.1) is 11.3 Å². The quantitative estimate of drug-likeness (QED) is 0.594. The molecule has 25 heavy (non-hydrogen) atoms. The van der Waals surface area contributed by atoms with Gasteiger partial charge in [-0.05, 0) is 41.1 Å². The van der Waals surface area contributed by atoms with Gasteiger partial charge in [-0.1, -0.05) is 0 Å². The summed E-state index contributed by atoms with van der Waals surface area (Å²) in [6.45, 7) is 1.67. The Morgan fingerprint density at radius 2 is 2.12 bits per heavy atom. The zero-order valence-corrected chi connectivity index (χ0v) is 14.0. The fraction of sp³-hybridized carbons (Fsp3) is 0.167. The predicted molar refractivity (Wildman–Crippen MR) is 98.3 cm³/mol. The van der Waals surface area contributed by atoms with Crippen molar-refractivity contribution in [3.8, 4) is 17.3 Å². The first-order chi connectivity index (χ1) is 12.3. The van der Waals surface area contributed by atoms with Crippen LogP contribution in [0.3, 0.4) is 0 Å². The minimum absolute atomic E-state index is 0.172. The van der Waals surface area contributed by atoms with Crippen LogP contribution in [0.2, 0.25) is 0 Å². The van der Waals surface area contributed by atoms with Crippen LogP contribution in [-0.2, 0) is 0 Å². The number of hydrogen-bond acceptors (Lipinski definition) is 6. The van der Waals surface area contributed by atoms with Crippen LogP contribution in [0.15, 0.2) is 46.7 Å². The number of nitrogens with one attached hydrogen (secondary N) is 2. The summed E-state index contributed by atoms with van der Waals surface area (Å²) < 4.78 is 6.92. The van der Waals surface area contributed by atoms with Crippen LogP contribution in [0.5, 0.6) is 5.75 Å². The number of nitrogens with zero attached hydrogens (tertiary/aromatic N) is 2. The molecule has 0 atom stereocenters. The molecule has 0 amide bonds. The van der Waals surface area contributed by atoms with E-state index in [2.05, 4.69) is 20.3 Å². The number of ether oxygens (including phenoxy) is 1. The Balaban J connectivity index is 1.57. The van der Waals surface area contributed by atoms with Crippen LogP contribution in [0.1, 0.15) is 0 Å². The zero-order chi connectivity index (χ0) is 16.8. The number of rotatable bonds is 3. The molecule has 0 saturated carbocycles. The van der Waals surface area contributed by atoms with Crippen molar-refractivity contribution in [3.05, 3.63) is 52.3 Å². The third-order valence-corrected chi connectivity index (χ3v) is 5.17. The first-order valence-corrected chi connectivity index (χ1v) is 8.89. The van der Waals surface area contributed by atoms with E-state index < -0.39 is 0 Å². The highest BCUT2D eigenvalue weighted by molar-refractivity contribution is 7.17. The fourth-order valence-electron chi connectivity index (χ4n) is 2.85. The van der Waals surface area contributed by atoms with Gasteiger partial charge in [0.05, 0.1) is 15.6 Å². The molecule has 4 heterocycles. The number of aromatic nitrogens is 3. The smallest absolute Gasteiger partial charge is 0.259 e. The van der Waals surface area contributed by atoms with E-state index in [4.69, 9.17) is 4.74 Å². The van der Waals surface area contributed by atoms with Gasteiger partial charge in [0.1, 0.15) is 17.5 Å². The first kappa shape index (κ1) is 14.6. The summed E-state index contributed by atoms with van der Waals surface area (Å²) in [4.78, 5) is 24.3. The normalized spacial score (nSPS) is 14.7. The second kappa shape index (κ2) is 5.65. The highest BCUT2D eigenvalue weighted by atomic mass is 32.1. The Labute approximate surface area is 146 Å². The van der Waals surface area contributed by atoms with Crippen molar-refractivity contribution in [1.82, 2.24) is 20.3 Å². The third-order valence-electron chi connectivity index (χ3n) is 4.31. The molecule has 1 aliphatic heterocycles. The Bertz CT molecular complexity index is 1150. The standard InChI is InChI=1S/C18H14N4O2S/c23-18-13-6-11(24-12-7-19-8-12)1-2-14(13)21-17(22-18)15-5-10-3-4-25-16(10)9-20-15/h1-6,9,12,19H,7-8H2,(H,21,22,23). The Morgan fingerprint density at radius 3 is 2.96 bits per heavy atom. The molecule has 0 radical (unpaired) electrons. The molecule has 2 N–H and O–H groups in total. The third kappa shape index (κ3) is 2.57. The van der Waals surface area contributed by atoms with Crippen molar-refractivity contribution >= 4 is 32.3 Å². The number of aromatic amines is 1. The van der Waals surface area contributed by atoms with Crippen LogP contribution in [0.25, 0.3) is 32.5 Å². The highest BCUT2D eigenvalue weighted by Crippen LogP contribution is 2.25. The minimum atomic E-state index is -0.190. The van der Waals surface area contributed by atoms with Gasteiger partial charge in [-0.3, -0.25) is 9.78 Å². The Kier molecular flexibility index (Phi) is 3.29. The van der Waals surface area contributed by atoms with Crippen molar-refractivity contribution in [1.29, 1.82) is 0 Å². The first-order valence-electron chi connectivity index (χ1n) is 8.01. The molecule has 0 bridgehead atoms. The molecule has 1 fully saturated rings. The average Bonchev–Trinajstić information content (AvgIpc) is 3.06. The lowest BCUT2D eigenvalue weighted by atomic mass is 10.2. The van der Waals surface area contributed by atoms with Crippen LogP contribution < -0.4 is 15.6 Å². The number of benzene rings is 1. The Hall–Kier alpha value is -2.77. The van der Waals surface area contributed by atoms with E-state index in [1.165, 1.54) is 0 Å². The van der Waals surface area contributed by atoms with E-state index in [1.807, 2.05) is 35.8 Å². The molecular weight excluding hydrogens is 336 g/mol. The predicted octanol–water partition coefficient (Wildman–Crippen LogP) is 2.55. The number of fused-ring (bicyclic) bond motifs is 2. The minimum Gasteiger partial charge on any atom is -0.488 e. The number of thiophene rings is 1. The maximum atomic E-state index is 12.5. The summed E-state index contributed by atoms with van der Waals surface area (Å²) in [6.07, 6.45) is 1.98. The topological polar surface area (TPSA) is 79.9 Å². The van der Waals surface area contributed by atoms with Crippen LogP contribution >= 0.6 is 11.3 Å². The monoisotopic (exact) mass is 350 g/mol. The van der Waals surface area contributed by atoms with Gasteiger partial charge in [0.2, 0.25) is 0 Å². The van der Waals surface area contributed by atoms with E-state index in [9.17, 15) is 4.79 Å². The summed E-state index contributed by atoms with van der Waals surface area (Å²) in [5.74, 6) is 1.17. The molecule has 0 unspecified atom stereocenters. The number of hydrogen-bond donors (Lipinski definition) is 2. The lowest BCUT2D eigenvalue weighted by Crippen LogP contribution is -2.50. The van der Waals surface area contributed by atoms with Gasteiger partial charge in [0.25, 0.3) is 5.56 Å². The Morgan fingerprint density at radius 1 is 1.20 bits per heavy atom. The summed E-state index contributed by atoms with van der Waals surface area (Å²) >= 11 is 1.64. The van der Waals surface area contributed by atoms with E-state index in [-0.39, 0.29) is 11.7 Å². The molecule has 124 valence electrons. The lowest BCUT2D eigenvalue weighted by molar-refractivity contribution is 0.142. The molecule has 1 aliphatic rings. The zero-order valence-electron chi connectivity index (χ0n) is 13.2. The van der Waals surface area contributed by atoms with Gasteiger partial charge in [-0.2, -0.15) is 0 Å². The maximum absolute atomic E-state index is 12.5. The lowest BCUT2D eigenvalue weighted by Gasteiger charge is -2.27. The van der Waals surface area contributed by atoms with Crippen LogP contribution in [0.4, 0.5) is 0 Å². The number of H-pyrrole nitrogens is 1. The molecular formula is C18H14N4O2S. The van der Waals surface area contributed by atoms with Crippen molar-refractivity contribution in [2.24, 2.45) is 0 Å². The largest absolute Gasteiger partial charge is 0.488 e. The second-order valence-electron chi connectivity index (χ2n) is 6.02. The number of pyridine rings is 1. The molecule has 3 aromatic heterocycles. The summed E-state index contributed by atoms with van der Waals surface area (Å²) in [7, 11) is 0. The highest BCUT2D eigenvalue weighted by Gasteiger charge is 2.18. The molecule has 7 heteroatoms. The van der Waals surface area contributed by atoms with Gasteiger partial charge < -0.3 is 15.0 Å². The molecule has 4 aromatic rings. The summed E-state index contributed by atoms with van der Waals surface area (Å²) in [6, 6.07) is 9.39. The van der Waals surface area contributed by atoms with Gasteiger partial charge in [0.15, 0.2) is 5.82 Å². The molecule has 1 aromatic carbocycles. The van der Waals surface area contributed by atoms with E-state index in [0.717, 1.165) is 23.2 Å². The van der Waals surface area contributed by atoms with Gasteiger partial charge in [0, 0.05) is 19.3 Å². The molecule has 0 aliphatic carbocycles. The van der Waals surface area contributed by atoms with Gasteiger partial charge >= 0.3 is 0 Å². The molecule has 0 spiro atoms. The van der Waals surface area contributed by atoms with Crippen LogP contribution in [0, 0.1) is 0 Å². The van der Waals surface area contributed by atoms with Crippen molar-refractivity contribution in [2.45, 2.75) is 6.10 Å². The molecule has 5 rings (SSSR count).